The van der Waals surface area contributed by atoms with Gasteiger partial charge in [-0.25, -0.2) is 5.32 Å². The lowest BCUT2D eigenvalue weighted by Gasteiger charge is -2.38. The van der Waals surface area contributed by atoms with Crippen LogP contribution in [0.2, 0.25) is 0 Å². The van der Waals surface area contributed by atoms with Crippen LogP contribution in [0.1, 0.15) is 46.5 Å². The summed E-state index contributed by atoms with van der Waals surface area (Å²) < 4.78 is 0. The SMILES string of the molecule is CC1CCC(C)(N2CCCC2C)[N]1. The predicted molar refractivity (Wildman–Crippen MR) is 54.6 cm³/mol. The Morgan fingerprint density at radius 2 is 2.08 bits per heavy atom. The Kier molecular flexibility index (Phi) is 2.37. The van der Waals surface area contributed by atoms with Crippen molar-refractivity contribution in [1.29, 1.82) is 0 Å². The topological polar surface area (TPSA) is 17.3 Å². The molecule has 2 aliphatic rings. The molecule has 0 N–H and O–H groups in total. The van der Waals surface area contributed by atoms with Crippen molar-refractivity contribution >= 4 is 0 Å². The van der Waals surface area contributed by atoms with Gasteiger partial charge in [-0.05, 0) is 46.5 Å². The maximum absolute atomic E-state index is 4.88. The van der Waals surface area contributed by atoms with Gasteiger partial charge in [0.05, 0.1) is 5.66 Å². The smallest absolute Gasteiger partial charge is 0.0851 e. The summed E-state index contributed by atoms with van der Waals surface area (Å²) in [5.41, 5.74) is 0.176. The van der Waals surface area contributed by atoms with Crippen LogP contribution in [0.4, 0.5) is 0 Å². The van der Waals surface area contributed by atoms with Crippen LogP contribution in [0.5, 0.6) is 0 Å². The number of rotatable bonds is 1. The highest BCUT2D eigenvalue weighted by molar-refractivity contribution is 4.96. The fourth-order valence-electron chi connectivity index (χ4n) is 2.95. The molecular weight excluding hydrogens is 160 g/mol. The molecule has 2 heterocycles. The lowest BCUT2D eigenvalue weighted by atomic mass is 10.1. The van der Waals surface area contributed by atoms with Gasteiger partial charge >= 0.3 is 0 Å². The molecular formula is C11H21N2. The van der Waals surface area contributed by atoms with Crippen LogP contribution in [-0.2, 0) is 0 Å². The fraction of sp³-hybridized carbons (Fsp3) is 1.00. The summed E-state index contributed by atoms with van der Waals surface area (Å²) in [4.78, 5) is 2.61. The van der Waals surface area contributed by atoms with Crippen LogP contribution >= 0.6 is 0 Å². The summed E-state index contributed by atoms with van der Waals surface area (Å²) in [7, 11) is 0. The normalized spacial score (nSPS) is 47.3. The van der Waals surface area contributed by atoms with Crippen molar-refractivity contribution in [2.24, 2.45) is 0 Å². The van der Waals surface area contributed by atoms with E-state index in [2.05, 4.69) is 25.7 Å². The van der Waals surface area contributed by atoms with E-state index in [1.165, 1.54) is 32.2 Å². The van der Waals surface area contributed by atoms with Gasteiger partial charge in [0.15, 0.2) is 0 Å². The van der Waals surface area contributed by atoms with Crippen LogP contribution in [0.25, 0.3) is 0 Å². The summed E-state index contributed by atoms with van der Waals surface area (Å²) >= 11 is 0. The van der Waals surface area contributed by atoms with Gasteiger partial charge in [0.1, 0.15) is 0 Å². The summed E-state index contributed by atoms with van der Waals surface area (Å²) in [6.45, 7) is 8.16. The molecule has 3 atom stereocenters. The van der Waals surface area contributed by atoms with E-state index >= 15 is 0 Å². The number of likely N-dealkylation sites (tertiary alicyclic amines) is 1. The third-order valence-corrected chi connectivity index (χ3v) is 3.71. The largest absolute Gasteiger partial charge is 0.282 e. The van der Waals surface area contributed by atoms with E-state index in [0.29, 0.717) is 6.04 Å². The number of hydrogen-bond acceptors (Lipinski definition) is 1. The molecule has 0 aromatic carbocycles. The Labute approximate surface area is 81.7 Å². The Bertz CT molecular complexity index is 193. The van der Waals surface area contributed by atoms with Crippen molar-refractivity contribution in [3.05, 3.63) is 0 Å². The second kappa shape index (κ2) is 3.25. The van der Waals surface area contributed by atoms with Gasteiger partial charge < -0.3 is 0 Å². The first kappa shape index (κ1) is 9.47. The summed E-state index contributed by atoms with van der Waals surface area (Å²) in [6.07, 6.45) is 5.26. The highest BCUT2D eigenvalue weighted by Gasteiger charge is 2.42. The molecule has 0 aliphatic carbocycles. The molecule has 0 spiro atoms. The molecule has 2 nitrogen and oxygen atoms in total. The van der Waals surface area contributed by atoms with Crippen molar-refractivity contribution in [2.45, 2.75) is 64.2 Å². The third kappa shape index (κ3) is 1.62. The second-order valence-electron chi connectivity index (χ2n) is 4.92. The molecule has 0 saturated carbocycles. The Morgan fingerprint density at radius 3 is 2.54 bits per heavy atom. The molecule has 2 fully saturated rings. The van der Waals surface area contributed by atoms with Crippen LogP contribution < -0.4 is 5.32 Å². The summed E-state index contributed by atoms with van der Waals surface area (Å²) in [6, 6.07) is 1.33. The van der Waals surface area contributed by atoms with Crippen molar-refractivity contribution < 1.29 is 0 Å². The van der Waals surface area contributed by atoms with Crippen molar-refractivity contribution in [3.8, 4) is 0 Å². The first-order valence-corrected chi connectivity index (χ1v) is 5.60. The molecule has 3 unspecified atom stereocenters. The van der Waals surface area contributed by atoms with Crippen molar-refractivity contribution in [3.63, 3.8) is 0 Å². The lowest BCUT2D eigenvalue weighted by molar-refractivity contribution is 0.0754. The van der Waals surface area contributed by atoms with Crippen LogP contribution in [0.15, 0.2) is 0 Å². The molecule has 2 saturated heterocycles. The van der Waals surface area contributed by atoms with Gasteiger partial charge in [0, 0.05) is 18.6 Å². The van der Waals surface area contributed by atoms with Crippen LogP contribution in [0, 0.1) is 0 Å². The first-order chi connectivity index (χ1) is 6.12. The molecule has 0 aromatic heterocycles. The molecule has 75 valence electrons. The maximum Gasteiger partial charge on any atom is 0.0851 e. The van der Waals surface area contributed by atoms with Gasteiger partial charge in [-0.15, -0.1) is 0 Å². The average molecular weight is 181 g/mol. The van der Waals surface area contributed by atoms with E-state index < -0.39 is 0 Å². The highest BCUT2D eigenvalue weighted by atomic mass is 15.4. The standard InChI is InChI=1S/C11H21N2/c1-9-6-7-11(3,12-9)13-8-4-5-10(13)2/h9-10H,4-8H2,1-3H3. The Hall–Kier alpha value is -0.0800. The molecule has 1 radical (unpaired) electrons. The Balaban J connectivity index is 2.06. The summed E-state index contributed by atoms with van der Waals surface area (Å²) in [5.74, 6) is 0. The van der Waals surface area contributed by atoms with Gasteiger partial charge in [-0.2, -0.15) is 0 Å². The van der Waals surface area contributed by atoms with Crippen molar-refractivity contribution in [1.82, 2.24) is 10.2 Å². The minimum absolute atomic E-state index is 0.176. The third-order valence-electron chi connectivity index (χ3n) is 3.71. The minimum Gasteiger partial charge on any atom is -0.282 e. The number of nitrogens with zero attached hydrogens (tertiary/aromatic N) is 2. The zero-order valence-corrected chi connectivity index (χ0v) is 9.08. The number of hydrogen-bond donors (Lipinski definition) is 0. The zero-order chi connectivity index (χ0) is 9.47. The molecule has 13 heavy (non-hydrogen) atoms. The van der Waals surface area contributed by atoms with Gasteiger partial charge in [-0.1, -0.05) is 0 Å². The molecule has 0 aromatic rings. The molecule has 2 aliphatic heterocycles. The highest BCUT2D eigenvalue weighted by Crippen LogP contribution is 2.34. The van der Waals surface area contributed by atoms with E-state index in [1.807, 2.05) is 0 Å². The van der Waals surface area contributed by atoms with Crippen LogP contribution in [-0.4, -0.2) is 29.2 Å². The van der Waals surface area contributed by atoms with E-state index in [9.17, 15) is 0 Å². The predicted octanol–water partition coefficient (Wildman–Crippen LogP) is 1.97. The fourth-order valence-corrected chi connectivity index (χ4v) is 2.95. The van der Waals surface area contributed by atoms with Crippen LogP contribution in [0.3, 0.4) is 0 Å². The quantitative estimate of drug-likeness (QED) is 0.604. The molecule has 2 rings (SSSR count). The Morgan fingerprint density at radius 1 is 1.31 bits per heavy atom. The van der Waals surface area contributed by atoms with Gasteiger partial charge in [0.25, 0.3) is 0 Å². The summed E-state index contributed by atoms with van der Waals surface area (Å²) in [5, 5.41) is 4.88. The lowest BCUT2D eigenvalue weighted by Crippen LogP contribution is -2.52. The average Bonchev–Trinajstić information content (AvgIpc) is 2.59. The van der Waals surface area contributed by atoms with Gasteiger partial charge in [-0.3, -0.25) is 4.90 Å². The van der Waals surface area contributed by atoms with E-state index in [0.717, 1.165) is 6.04 Å². The molecule has 2 heteroatoms. The monoisotopic (exact) mass is 181 g/mol. The van der Waals surface area contributed by atoms with E-state index in [-0.39, 0.29) is 5.66 Å². The van der Waals surface area contributed by atoms with E-state index in [1.54, 1.807) is 0 Å². The minimum atomic E-state index is 0.176. The zero-order valence-electron chi connectivity index (χ0n) is 9.08. The molecule has 0 amide bonds. The van der Waals surface area contributed by atoms with Gasteiger partial charge in [0.2, 0.25) is 0 Å². The van der Waals surface area contributed by atoms with Crippen molar-refractivity contribution in [2.75, 3.05) is 6.54 Å². The molecule has 0 bridgehead atoms. The first-order valence-electron chi connectivity index (χ1n) is 5.60. The second-order valence-corrected chi connectivity index (χ2v) is 4.92. The van der Waals surface area contributed by atoms with E-state index in [4.69, 9.17) is 5.32 Å². The maximum atomic E-state index is 4.88.